The van der Waals surface area contributed by atoms with Crippen LogP contribution in [0, 0.1) is 11.8 Å². The minimum absolute atomic E-state index is 0.282. The van der Waals surface area contributed by atoms with Crippen LogP contribution in [-0.4, -0.2) is 31.4 Å². The Kier molecular flexibility index (Phi) is 7.42. The molecule has 0 aliphatic heterocycles. The van der Waals surface area contributed by atoms with Crippen molar-refractivity contribution >= 4 is 0 Å². The molecule has 2 aliphatic carbocycles. The van der Waals surface area contributed by atoms with Crippen LogP contribution in [0.25, 0.3) is 0 Å². The third-order valence-electron chi connectivity index (χ3n) is 5.51. The second-order valence-corrected chi connectivity index (χ2v) is 7.89. The number of rotatable bonds is 7. The zero-order valence-corrected chi connectivity index (χ0v) is 15.8. The Morgan fingerprint density at radius 3 is 2.48 bits per heavy atom. The van der Waals surface area contributed by atoms with Crippen LogP contribution in [0.2, 0.25) is 0 Å². The molecule has 0 amide bonds. The van der Waals surface area contributed by atoms with Gasteiger partial charge in [0.2, 0.25) is 0 Å². The van der Waals surface area contributed by atoms with Crippen molar-refractivity contribution in [2.75, 3.05) is 7.11 Å². The van der Waals surface area contributed by atoms with E-state index in [4.69, 9.17) is 9.47 Å². The van der Waals surface area contributed by atoms with E-state index in [9.17, 15) is 0 Å². The van der Waals surface area contributed by atoms with E-state index in [-0.39, 0.29) is 6.10 Å². The summed E-state index contributed by atoms with van der Waals surface area (Å²) < 4.78 is 11.7. The molecule has 2 rings (SSSR count). The van der Waals surface area contributed by atoms with E-state index in [2.05, 4.69) is 39.1 Å². The van der Waals surface area contributed by atoms with E-state index < -0.39 is 0 Å². The maximum atomic E-state index is 6.10. The molecule has 0 radical (unpaired) electrons. The summed E-state index contributed by atoms with van der Waals surface area (Å²) in [5.74, 6) is 2.53. The topological polar surface area (TPSA) is 30.5 Å². The van der Waals surface area contributed by atoms with E-state index in [0.717, 1.165) is 24.5 Å². The molecule has 0 aromatic heterocycles. The molecule has 0 saturated heterocycles. The van der Waals surface area contributed by atoms with Gasteiger partial charge in [0.1, 0.15) is 0 Å². The van der Waals surface area contributed by atoms with Gasteiger partial charge < -0.3 is 14.8 Å². The lowest BCUT2D eigenvalue weighted by Crippen LogP contribution is -2.45. The number of hydrogen-bond acceptors (Lipinski definition) is 3. The SMILES string of the molecule is CC[C@@H](NC1CCC(C)CC1)C1C=C(OC)C[C@@H](OC(C)C)C1. The zero-order valence-electron chi connectivity index (χ0n) is 15.8. The quantitative estimate of drug-likeness (QED) is 0.738. The van der Waals surface area contributed by atoms with Crippen LogP contribution < -0.4 is 5.32 Å². The fourth-order valence-electron chi connectivity index (χ4n) is 4.18. The highest BCUT2D eigenvalue weighted by molar-refractivity contribution is 5.07. The highest BCUT2D eigenvalue weighted by Crippen LogP contribution is 2.31. The summed E-state index contributed by atoms with van der Waals surface area (Å²) in [6.45, 7) is 8.93. The van der Waals surface area contributed by atoms with Gasteiger partial charge in [0.25, 0.3) is 0 Å². The van der Waals surface area contributed by atoms with Gasteiger partial charge in [0.05, 0.1) is 25.1 Å². The van der Waals surface area contributed by atoms with Crippen molar-refractivity contribution in [3.63, 3.8) is 0 Å². The van der Waals surface area contributed by atoms with Gasteiger partial charge in [-0.3, -0.25) is 0 Å². The molecule has 1 fully saturated rings. The Bertz CT molecular complexity index is 372. The number of ether oxygens (including phenoxy) is 2. The molecule has 23 heavy (non-hydrogen) atoms. The first-order chi connectivity index (χ1) is 11.0. The Hall–Kier alpha value is -0.540. The van der Waals surface area contributed by atoms with Crippen LogP contribution >= 0.6 is 0 Å². The lowest BCUT2D eigenvalue weighted by molar-refractivity contribution is -0.0174. The van der Waals surface area contributed by atoms with Gasteiger partial charge in [0, 0.05) is 18.5 Å². The molecule has 0 aromatic carbocycles. The molecular formula is C20H37NO2. The minimum Gasteiger partial charge on any atom is -0.501 e. The highest BCUT2D eigenvalue weighted by Gasteiger charge is 2.31. The second-order valence-electron chi connectivity index (χ2n) is 7.89. The van der Waals surface area contributed by atoms with Crippen molar-refractivity contribution in [3.8, 4) is 0 Å². The number of hydrogen-bond donors (Lipinski definition) is 1. The van der Waals surface area contributed by atoms with Crippen LogP contribution in [0.3, 0.4) is 0 Å². The summed E-state index contributed by atoms with van der Waals surface area (Å²) in [6.07, 6.45) is 11.5. The van der Waals surface area contributed by atoms with Crippen LogP contribution in [0.15, 0.2) is 11.8 Å². The maximum Gasteiger partial charge on any atom is 0.0945 e. The van der Waals surface area contributed by atoms with Crippen LogP contribution in [0.1, 0.15) is 72.6 Å². The molecule has 3 atom stereocenters. The van der Waals surface area contributed by atoms with Gasteiger partial charge >= 0.3 is 0 Å². The molecule has 2 aliphatic rings. The summed E-state index contributed by atoms with van der Waals surface area (Å²) in [5.41, 5.74) is 0. The smallest absolute Gasteiger partial charge is 0.0945 e. The Morgan fingerprint density at radius 1 is 1.22 bits per heavy atom. The average molecular weight is 324 g/mol. The first-order valence-electron chi connectivity index (χ1n) is 9.68. The molecule has 3 nitrogen and oxygen atoms in total. The van der Waals surface area contributed by atoms with Crippen molar-refractivity contribution in [2.45, 2.75) is 96.9 Å². The van der Waals surface area contributed by atoms with Gasteiger partial charge in [-0.05, 0) is 70.3 Å². The Balaban J connectivity index is 1.97. The third-order valence-corrected chi connectivity index (χ3v) is 5.51. The molecular weight excluding hydrogens is 286 g/mol. The number of nitrogens with one attached hydrogen (secondary N) is 1. The molecule has 0 heterocycles. The van der Waals surface area contributed by atoms with E-state index in [1.165, 1.54) is 32.1 Å². The van der Waals surface area contributed by atoms with Crippen molar-refractivity contribution in [3.05, 3.63) is 11.8 Å². The third kappa shape index (κ3) is 5.79. The fourth-order valence-corrected chi connectivity index (χ4v) is 4.18. The van der Waals surface area contributed by atoms with E-state index in [1.807, 2.05) is 0 Å². The standard InChI is InChI=1S/C20H37NO2/c1-6-20(21-17-9-7-15(4)8-10-17)16-11-18(22-5)13-19(12-16)23-14(2)3/h11,14-17,19-21H,6-10,12-13H2,1-5H3/t15?,16?,17?,19-,20+/m0/s1. The largest absolute Gasteiger partial charge is 0.501 e. The zero-order chi connectivity index (χ0) is 16.8. The summed E-state index contributed by atoms with van der Waals surface area (Å²) >= 11 is 0. The highest BCUT2D eigenvalue weighted by atomic mass is 16.5. The van der Waals surface area contributed by atoms with Crippen LogP contribution in [0.4, 0.5) is 0 Å². The molecule has 1 N–H and O–H groups in total. The summed E-state index contributed by atoms with van der Waals surface area (Å²) in [5, 5.41) is 3.96. The van der Waals surface area contributed by atoms with Gasteiger partial charge in [-0.1, -0.05) is 13.8 Å². The summed E-state index contributed by atoms with van der Waals surface area (Å²) in [7, 11) is 1.79. The van der Waals surface area contributed by atoms with E-state index >= 15 is 0 Å². The predicted molar refractivity (Wildman–Crippen MR) is 96.5 cm³/mol. The van der Waals surface area contributed by atoms with Gasteiger partial charge in [-0.15, -0.1) is 0 Å². The maximum absolute atomic E-state index is 6.10. The van der Waals surface area contributed by atoms with Crippen molar-refractivity contribution in [1.29, 1.82) is 0 Å². The average Bonchev–Trinajstić information content (AvgIpc) is 2.53. The molecule has 0 spiro atoms. The Morgan fingerprint density at radius 2 is 1.91 bits per heavy atom. The van der Waals surface area contributed by atoms with Crippen LogP contribution in [-0.2, 0) is 9.47 Å². The summed E-state index contributed by atoms with van der Waals surface area (Å²) in [4.78, 5) is 0. The molecule has 3 heteroatoms. The first kappa shape index (κ1) is 18.8. The number of methoxy groups -OCH3 is 1. The van der Waals surface area contributed by atoms with E-state index in [0.29, 0.717) is 24.1 Å². The molecule has 0 bridgehead atoms. The lowest BCUT2D eigenvalue weighted by Gasteiger charge is -2.37. The monoisotopic (exact) mass is 323 g/mol. The van der Waals surface area contributed by atoms with Gasteiger partial charge in [0.15, 0.2) is 0 Å². The molecule has 0 aromatic rings. The molecule has 134 valence electrons. The second kappa shape index (κ2) is 9.08. The minimum atomic E-state index is 0.282. The van der Waals surface area contributed by atoms with Gasteiger partial charge in [-0.25, -0.2) is 0 Å². The molecule has 1 saturated carbocycles. The first-order valence-corrected chi connectivity index (χ1v) is 9.68. The summed E-state index contributed by atoms with van der Waals surface area (Å²) in [6, 6.07) is 1.24. The fraction of sp³-hybridized carbons (Fsp3) is 0.900. The van der Waals surface area contributed by atoms with Crippen molar-refractivity contribution in [2.24, 2.45) is 11.8 Å². The van der Waals surface area contributed by atoms with Gasteiger partial charge in [-0.2, -0.15) is 0 Å². The van der Waals surface area contributed by atoms with Crippen molar-refractivity contribution < 1.29 is 9.47 Å². The lowest BCUT2D eigenvalue weighted by atomic mass is 9.83. The Labute approximate surface area is 143 Å². The normalized spacial score (nSPS) is 33.4. The van der Waals surface area contributed by atoms with E-state index in [1.54, 1.807) is 7.11 Å². The van der Waals surface area contributed by atoms with Crippen molar-refractivity contribution in [1.82, 2.24) is 5.32 Å². The molecule has 1 unspecified atom stereocenters. The predicted octanol–water partition coefficient (Wildman–Crippen LogP) is 4.67. The van der Waals surface area contributed by atoms with Crippen LogP contribution in [0.5, 0.6) is 0 Å².